The lowest BCUT2D eigenvalue weighted by atomic mass is 10.1. The third kappa shape index (κ3) is 3.29. The maximum Gasteiger partial charge on any atom is 0.321 e. The van der Waals surface area contributed by atoms with Crippen LogP contribution in [0.1, 0.15) is 13.8 Å². The summed E-state index contributed by atoms with van der Waals surface area (Å²) in [5.41, 5.74) is 3.50. The van der Waals surface area contributed by atoms with Gasteiger partial charge in [-0.15, -0.1) is 0 Å². The van der Waals surface area contributed by atoms with Gasteiger partial charge < -0.3 is 9.29 Å². The average molecular weight is 341 g/mol. The zero-order valence-electron chi connectivity index (χ0n) is 13.8. The van der Waals surface area contributed by atoms with E-state index in [0.29, 0.717) is 5.16 Å². The Morgan fingerprint density at radius 2 is 1.71 bits per heavy atom. The normalized spacial score (nSPS) is 12.4. The van der Waals surface area contributed by atoms with E-state index in [1.807, 2.05) is 50.2 Å². The van der Waals surface area contributed by atoms with Crippen LogP contribution in [-0.4, -0.2) is 31.9 Å². The molecule has 5 nitrogen and oxygen atoms in total. The zero-order valence-corrected chi connectivity index (χ0v) is 14.6. The SMILES string of the molecule is COc1ccc(-c2nc([S+]([O-])C(C)C)[nH]c2-c2ccncc2)cc1. The van der Waals surface area contributed by atoms with Crippen molar-refractivity contribution in [1.29, 1.82) is 0 Å². The van der Waals surface area contributed by atoms with Crippen LogP contribution in [-0.2, 0) is 11.2 Å². The van der Waals surface area contributed by atoms with E-state index in [-0.39, 0.29) is 5.25 Å². The van der Waals surface area contributed by atoms with Crippen molar-refractivity contribution >= 4 is 11.2 Å². The van der Waals surface area contributed by atoms with Gasteiger partial charge in [-0.25, -0.2) is 0 Å². The van der Waals surface area contributed by atoms with Crippen LogP contribution >= 0.6 is 0 Å². The Morgan fingerprint density at radius 1 is 1.04 bits per heavy atom. The molecule has 1 N–H and O–H groups in total. The Bertz CT molecular complexity index is 801. The first-order valence-corrected chi connectivity index (χ1v) is 8.87. The summed E-state index contributed by atoms with van der Waals surface area (Å²) in [7, 11) is 1.63. The second-order valence-electron chi connectivity index (χ2n) is 5.58. The van der Waals surface area contributed by atoms with E-state index in [9.17, 15) is 4.55 Å². The highest BCUT2D eigenvalue weighted by Crippen LogP contribution is 2.32. The third-order valence-electron chi connectivity index (χ3n) is 3.63. The molecule has 6 heteroatoms. The molecule has 124 valence electrons. The van der Waals surface area contributed by atoms with Gasteiger partial charge in [0.2, 0.25) is 0 Å². The maximum atomic E-state index is 12.5. The summed E-state index contributed by atoms with van der Waals surface area (Å²) in [6.45, 7) is 3.83. The molecule has 2 aromatic heterocycles. The van der Waals surface area contributed by atoms with Crippen molar-refractivity contribution in [2.45, 2.75) is 24.3 Å². The molecule has 2 heterocycles. The molecule has 0 amide bonds. The number of nitrogens with zero attached hydrogens (tertiary/aromatic N) is 2. The highest BCUT2D eigenvalue weighted by atomic mass is 32.2. The molecule has 1 unspecified atom stereocenters. The average Bonchev–Trinajstić information content (AvgIpc) is 3.07. The number of rotatable bonds is 5. The molecule has 0 bridgehead atoms. The van der Waals surface area contributed by atoms with Crippen molar-refractivity contribution in [1.82, 2.24) is 15.0 Å². The summed E-state index contributed by atoms with van der Waals surface area (Å²) in [5.74, 6) is 0.783. The summed E-state index contributed by atoms with van der Waals surface area (Å²) in [6.07, 6.45) is 3.46. The number of hydrogen-bond donors (Lipinski definition) is 1. The van der Waals surface area contributed by atoms with Gasteiger partial charge in [-0.1, -0.05) is 0 Å². The second kappa shape index (κ2) is 7.07. The minimum Gasteiger partial charge on any atom is -0.609 e. The first kappa shape index (κ1) is 16.5. The number of aromatic nitrogens is 3. The largest absolute Gasteiger partial charge is 0.609 e. The molecule has 0 radical (unpaired) electrons. The third-order valence-corrected chi connectivity index (χ3v) is 5.06. The molecule has 0 saturated heterocycles. The molecular formula is C18H19N3O2S. The number of methoxy groups -OCH3 is 1. The van der Waals surface area contributed by atoms with Gasteiger partial charge in [-0.2, -0.15) is 4.98 Å². The van der Waals surface area contributed by atoms with Crippen LogP contribution in [0.2, 0.25) is 0 Å². The van der Waals surface area contributed by atoms with Crippen LogP contribution in [0.3, 0.4) is 0 Å². The Morgan fingerprint density at radius 3 is 2.29 bits per heavy atom. The van der Waals surface area contributed by atoms with Gasteiger partial charge in [0, 0.05) is 34.7 Å². The molecule has 0 spiro atoms. The van der Waals surface area contributed by atoms with Gasteiger partial charge >= 0.3 is 5.16 Å². The standard InChI is InChI=1S/C18H19N3O2S/c1-12(2)24(22)18-20-16(13-4-6-15(23-3)7-5-13)17(21-18)14-8-10-19-11-9-14/h4-12H,1-3H3,(H,20,21). The van der Waals surface area contributed by atoms with E-state index in [2.05, 4.69) is 15.0 Å². The molecule has 24 heavy (non-hydrogen) atoms. The fraction of sp³-hybridized carbons (Fsp3) is 0.222. The summed E-state index contributed by atoms with van der Waals surface area (Å²) >= 11 is -1.19. The quantitative estimate of drug-likeness (QED) is 0.719. The molecule has 3 rings (SSSR count). The van der Waals surface area contributed by atoms with Crippen molar-refractivity contribution in [3.05, 3.63) is 48.8 Å². The number of imidazole rings is 1. The Labute approximate surface area is 144 Å². The fourth-order valence-corrected chi connectivity index (χ4v) is 3.19. The highest BCUT2D eigenvalue weighted by Gasteiger charge is 2.24. The smallest absolute Gasteiger partial charge is 0.321 e. The van der Waals surface area contributed by atoms with Gasteiger partial charge in [0.15, 0.2) is 0 Å². The molecule has 3 aromatic rings. The molecular weight excluding hydrogens is 322 g/mol. The van der Waals surface area contributed by atoms with Gasteiger partial charge in [-0.3, -0.25) is 9.97 Å². The van der Waals surface area contributed by atoms with Crippen LogP contribution in [0.15, 0.2) is 53.9 Å². The van der Waals surface area contributed by atoms with Gasteiger partial charge in [0.05, 0.1) is 12.8 Å². The number of ether oxygens (including phenoxy) is 1. The summed E-state index contributed by atoms with van der Waals surface area (Å²) in [5, 5.41) is 0.479. The monoisotopic (exact) mass is 341 g/mol. The first-order chi connectivity index (χ1) is 11.6. The van der Waals surface area contributed by atoms with E-state index in [1.54, 1.807) is 19.5 Å². The predicted molar refractivity (Wildman–Crippen MR) is 95.4 cm³/mol. The minimum atomic E-state index is -1.19. The van der Waals surface area contributed by atoms with Gasteiger partial charge in [0.1, 0.15) is 16.7 Å². The number of aromatic amines is 1. The summed E-state index contributed by atoms with van der Waals surface area (Å²) < 4.78 is 17.7. The molecule has 0 saturated carbocycles. The van der Waals surface area contributed by atoms with Crippen LogP contribution in [0.25, 0.3) is 22.5 Å². The molecule has 0 fully saturated rings. The maximum absolute atomic E-state index is 12.5. The zero-order chi connectivity index (χ0) is 17.1. The molecule has 0 aliphatic rings. The van der Waals surface area contributed by atoms with Crippen LogP contribution < -0.4 is 4.74 Å². The van der Waals surface area contributed by atoms with E-state index < -0.39 is 11.2 Å². The summed E-state index contributed by atoms with van der Waals surface area (Å²) in [4.78, 5) is 11.9. The lowest BCUT2D eigenvalue weighted by Crippen LogP contribution is -2.15. The summed E-state index contributed by atoms with van der Waals surface area (Å²) in [6, 6.07) is 11.5. The predicted octanol–water partition coefficient (Wildman–Crippen LogP) is 3.66. The van der Waals surface area contributed by atoms with Gasteiger partial charge in [0.25, 0.3) is 0 Å². The van der Waals surface area contributed by atoms with Crippen LogP contribution in [0.5, 0.6) is 5.75 Å². The van der Waals surface area contributed by atoms with Crippen molar-refractivity contribution in [3.8, 4) is 28.3 Å². The van der Waals surface area contributed by atoms with E-state index in [0.717, 1.165) is 28.3 Å². The lowest BCUT2D eigenvalue weighted by Gasteiger charge is -2.09. The highest BCUT2D eigenvalue weighted by molar-refractivity contribution is 7.91. The minimum absolute atomic E-state index is 0.00911. The second-order valence-corrected chi connectivity index (χ2v) is 7.50. The molecule has 0 aliphatic carbocycles. The Kier molecular flexibility index (Phi) is 4.87. The number of pyridine rings is 1. The number of H-pyrrole nitrogens is 1. The van der Waals surface area contributed by atoms with E-state index >= 15 is 0 Å². The first-order valence-electron chi connectivity index (χ1n) is 7.65. The number of benzene rings is 1. The van der Waals surface area contributed by atoms with Crippen molar-refractivity contribution in [2.75, 3.05) is 7.11 Å². The molecule has 1 aromatic carbocycles. The molecule has 1 atom stereocenters. The Hall–Kier alpha value is -2.31. The lowest BCUT2D eigenvalue weighted by molar-refractivity contribution is 0.415. The van der Waals surface area contributed by atoms with Gasteiger partial charge in [-0.05, 0) is 50.2 Å². The van der Waals surface area contributed by atoms with Crippen molar-refractivity contribution in [3.63, 3.8) is 0 Å². The number of hydrogen-bond acceptors (Lipinski definition) is 4. The van der Waals surface area contributed by atoms with Crippen LogP contribution in [0.4, 0.5) is 0 Å². The number of nitrogens with one attached hydrogen (secondary N) is 1. The van der Waals surface area contributed by atoms with Crippen molar-refractivity contribution in [2.24, 2.45) is 0 Å². The fourth-order valence-electron chi connectivity index (χ4n) is 2.36. The van der Waals surface area contributed by atoms with E-state index in [4.69, 9.17) is 4.74 Å². The molecule has 0 aliphatic heterocycles. The van der Waals surface area contributed by atoms with Crippen molar-refractivity contribution < 1.29 is 9.29 Å². The Balaban J connectivity index is 2.11. The van der Waals surface area contributed by atoms with E-state index in [1.165, 1.54) is 0 Å². The topological polar surface area (TPSA) is 73.9 Å². The van der Waals surface area contributed by atoms with Crippen LogP contribution in [0, 0.1) is 0 Å².